The fourth-order valence-electron chi connectivity index (χ4n) is 2.54. The minimum absolute atomic E-state index is 0.0731. The van der Waals surface area contributed by atoms with Gasteiger partial charge in [-0.1, -0.05) is 0 Å². The normalized spacial score (nSPS) is 14.7. The van der Waals surface area contributed by atoms with Crippen LogP contribution in [-0.4, -0.2) is 60.6 Å². The van der Waals surface area contributed by atoms with Crippen molar-refractivity contribution in [1.82, 2.24) is 15.1 Å². The van der Waals surface area contributed by atoms with Crippen LogP contribution < -0.4 is 10.1 Å². The second-order valence-corrected chi connectivity index (χ2v) is 5.96. The summed E-state index contributed by atoms with van der Waals surface area (Å²) in [5.41, 5.74) is 0.288. The highest BCUT2D eigenvalue weighted by Crippen LogP contribution is 2.19. The van der Waals surface area contributed by atoms with E-state index in [4.69, 9.17) is 4.74 Å². The lowest BCUT2D eigenvalue weighted by molar-refractivity contribution is 0.0663. The molecule has 1 saturated heterocycles. The number of benzene rings is 1. The highest BCUT2D eigenvalue weighted by Gasteiger charge is 2.25. The summed E-state index contributed by atoms with van der Waals surface area (Å²) >= 11 is 0. The standard InChI is InChI=1S/C17H24FN3O3/c1-4-24-15-6-5-13(11-14(15)18)16(22)20-7-9-21(10-8-20)17(23)19-12(2)3/h5-6,11-12H,4,7-10H2,1-3H3,(H,19,23). The second-order valence-electron chi connectivity index (χ2n) is 5.96. The molecule has 0 bridgehead atoms. The summed E-state index contributed by atoms with van der Waals surface area (Å²) in [7, 11) is 0. The summed E-state index contributed by atoms with van der Waals surface area (Å²) in [5, 5.41) is 2.83. The Bertz CT molecular complexity index is 599. The van der Waals surface area contributed by atoms with Crippen LogP contribution in [0.15, 0.2) is 18.2 Å². The number of nitrogens with zero attached hydrogens (tertiary/aromatic N) is 2. The lowest BCUT2D eigenvalue weighted by Gasteiger charge is -2.35. The molecule has 1 aliphatic rings. The van der Waals surface area contributed by atoms with Gasteiger partial charge in [-0.15, -0.1) is 0 Å². The zero-order valence-electron chi connectivity index (χ0n) is 14.3. The van der Waals surface area contributed by atoms with Crippen LogP contribution in [0.1, 0.15) is 31.1 Å². The van der Waals surface area contributed by atoms with Crippen LogP contribution in [0.25, 0.3) is 0 Å². The third-order valence-corrected chi connectivity index (χ3v) is 3.74. The maximum atomic E-state index is 13.9. The van der Waals surface area contributed by atoms with Gasteiger partial charge in [0.25, 0.3) is 5.91 Å². The van der Waals surface area contributed by atoms with Crippen molar-refractivity contribution in [1.29, 1.82) is 0 Å². The summed E-state index contributed by atoms with van der Waals surface area (Å²) in [6.07, 6.45) is 0. The first-order valence-corrected chi connectivity index (χ1v) is 8.19. The van der Waals surface area contributed by atoms with Crippen molar-refractivity contribution in [2.24, 2.45) is 0 Å². The fourth-order valence-corrected chi connectivity index (χ4v) is 2.54. The molecule has 24 heavy (non-hydrogen) atoms. The summed E-state index contributed by atoms with van der Waals surface area (Å²) in [4.78, 5) is 27.7. The molecule has 0 aliphatic carbocycles. The first-order chi connectivity index (χ1) is 11.4. The Labute approximate surface area is 141 Å². The highest BCUT2D eigenvalue weighted by atomic mass is 19.1. The van der Waals surface area contributed by atoms with E-state index in [2.05, 4.69) is 5.32 Å². The smallest absolute Gasteiger partial charge is 0.317 e. The van der Waals surface area contributed by atoms with Gasteiger partial charge in [-0.3, -0.25) is 4.79 Å². The van der Waals surface area contributed by atoms with Gasteiger partial charge < -0.3 is 19.9 Å². The third kappa shape index (κ3) is 4.37. The minimum atomic E-state index is -0.544. The molecule has 1 fully saturated rings. The van der Waals surface area contributed by atoms with E-state index in [-0.39, 0.29) is 29.3 Å². The SMILES string of the molecule is CCOc1ccc(C(=O)N2CCN(C(=O)NC(C)C)CC2)cc1F. The van der Waals surface area contributed by atoms with Crippen LogP contribution in [0, 0.1) is 5.82 Å². The summed E-state index contributed by atoms with van der Waals surface area (Å²) < 4.78 is 19.0. The van der Waals surface area contributed by atoms with Crippen molar-refractivity contribution in [3.8, 4) is 5.75 Å². The first-order valence-electron chi connectivity index (χ1n) is 8.19. The predicted molar refractivity (Wildman–Crippen MR) is 88.7 cm³/mol. The van der Waals surface area contributed by atoms with Gasteiger partial charge in [0.1, 0.15) is 0 Å². The van der Waals surface area contributed by atoms with Gasteiger partial charge in [0.15, 0.2) is 11.6 Å². The number of nitrogens with one attached hydrogen (secondary N) is 1. The van der Waals surface area contributed by atoms with E-state index in [9.17, 15) is 14.0 Å². The van der Waals surface area contributed by atoms with E-state index in [1.54, 1.807) is 22.8 Å². The first kappa shape index (κ1) is 18.0. The molecule has 1 aromatic carbocycles. The van der Waals surface area contributed by atoms with Crippen LogP contribution in [-0.2, 0) is 0 Å². The van der Waals surface area contributed by atoms with Crippen molar-refractivity contribution >= 4 is 11.9 Å². The average molecular weight is 337 g/mol. The van der Waals surface area contributed by atoms with Gasteiger partial charge in [-0.05, 0) is 39.0 Å². The van der Waals surface area contributed by atoms with Crippen molar-refractivity contribution < 1.29 is 18.7 Å². The number of carbonyl (C=O) groups is 2. The van der Waals surface area contributed by atoms with Crippen LogP contribution in [0.2, 0.25) is 0 Å². The number of piperazine rings is 1. The summed E-state index contributed by atoms with van der Waals surface area (Å²) in [5.74, 6) is -0.636. The Morgan fingerprint density at radius 1 is 1.21 bits per heavy atom. The highest BCUT2D eigenvalue weighted by molar-refractivity contribution is 5.94. The number of urea groups is 1. The van der Waals surface area contributed by atoms with Crippen molar-refractivity contribution in [3.05, 3.63) is 29.6 Å². The molecule has 2 rings (SSSR count). The van der Waals surface area contributed by atoms with Crippen molar-refractivity contribution in [3.63, 3.8) is 0 Å². The molecule has 7 heteroatoms. The molecule has 132 valence electrons. The van der Waals surface area contributed by atoms with Crippen LogP contribution in [0.3, 0.4) is 0 Å². The van der Waals surface area contributed by atoms with Crippen LogP contribution >= 0.6 is 0 Å². The third-order valence-electron chi connectivity index (χ3n) is 3.74. The van der Waals surface area contributed by atoms with Gasteiger partial charge in [-0.2, -0.15) is 0 Å². The number of hydrogen-bond donors (Lipinski definition) is 1. The topological polar surface area (TPSA) is 61.9 Å². The molecule has 0 atom stereocenters. The van der Waals surface area contributed by atoms with Crippen molar-refractivity contribution in [2.75, 3.05) is 32.8 Å². The Balaban J connectivity index is 1.95. The molecule has 1 N–H and O–H groups in total. The maximum Gasteiger partial charge on any atom is 0.317 e. The molecule has 0 saturated carbocycles. The van der Waals surface area contributed by atoms with Gasteiger partial charge >= 0.3 is 6.03 Å². The Morgan fingerprint density at radius 2 is 1.83 bits per heavy atom. The lowest BCUT2D eigenvalue weighted by atomic mass is 10.1. The fraction of sp³-hybridized carbons (Fsp3) is 0.529. The van der Waals surface area contributed by atoms with Gasteiger partial charge in [0.2, 0.25) is 0 Å². The second kappa shape index (κ2) is 7.99. The zero-order chi connectivity index (χ0) is 17.7. The summed E-state index contributed by atoms with van der Waals surface area (Å²) in [6, 6.07) is 4.19. The molecule has 0 unspecified atom stereocenters. The maximum absolute atomic E-state index is 13.9. The molecule has 0 radical (unpaired) electrons. The molecule has 1 aliphatic heterocycles. The molecule has 0 aromatic heterocycles. The van der Waals surface area contributed by atoms with Gasteiger partial charge in [0.05, 0.1) is 6.61 Å². The number of carbonyl (C=O) groups excluding carboxylic acids is 2. The van der Waals surface area contributed by atoms with Crippen LogP contribution in [0.5, 0.6) is 5.75 Å². The van der Waals surface area contributed by atoms with Gasteiger partial charge in [-0.25, -0.2) is 9.18 Å². The van der Waals surface area contributed by atoms with E-state index < -0.39 is 5.82 Å². The average Bonchev–Trinajstić information content (AvgIpc) is 2.55. The van der Waals surface area contributed by atoms with Crippen LogP contribution in [0.4, 0.5) is 9.18 Å². The molecule has 1 aromatic rings. The molecule has 1 heterocycles. The Morgan fingerprint density at radius 3 is 2.38 bits per heavy atom. The quantitative estimate of drug-likeness (QED) is 0.915. The van der Waals surface area contributed by atoms with E-state index in [1.165, 1.54) is 12.1 Å². The number of halogens is 1. The van der Waals surface area contributed by atoms with E-state index >= 15 is 0 Å². The molecule has 0 spiro atoms. The van der Waals surface area contributed by atoms with E-state index in [0.29, 0.717) is 32.8 Å². The van der Waals surface area contributed by atoms with E-state index in [1.807, 2.05) is 13.8 Å². The molecular weight excluding hydrogens is 313 g/mol. The Hall–Kier alpha value is -2.31. The van der Waals surface area contributed by atoms with E-state index in [0.717, 1.165) is 0 Å². The Kier molecular flexibility index (Phi) is 6.00. The predicted octanol–water partition coefficient (Wildman–Crippen LogP) is 2.10. The lowest BCUT2D eigenvalue weighted by Crippen LogP contribution is -2.54. The summed E-state index contributed by atoms with van der Waals surface area (Å²) in [6.45, 7) is 7.72. The largest absolute Gasteiger partial charge is 0.491 e. The number of amides is 3. The minimum Gasteiger partial charge on any atom is -0.491 e. The molecule has 3 amide bonds. The van der Waals surface area contributed by atoms with Crippen molar-refractivity contribution in [2.45, 2.75) is 26.8 Å². The monoisotopic (exact) mass is 337 g/mol. The number of rotatable bonds is 4. The molecule has 6 nitrogen and oxygen atoms in total. The number of ether oxygens (including phenoxy) is 1. The molecular formula is C17H24FN3O3. The van der Waals surface area contributed by atoms with Gasteiger partial charge in [0, 0.05) is 37.8 Å². The number of hydrogen-bond acceptors (Lipinski definition) is 3. The zero-order valence-corrected chi connectivity index (χ0v) is 14.3.